The molecule has 28 heavy (non-hydrogen) atoms. The van der Waals surface area contributed by atoms with Crippen LogP contribution in [0.1, 0.15) is 20.7 Å². The highest BCUT2D eigenvalue weighted by Gasteiger charge is 2.12. The van der Waals surface area contributed by atoms with Crippen LogP contribution in [0.2, 0.25) is 5.02 Å². The molecular weight excluding hydrogens is 380 g/mol. The molecule has 0 aromatic heterocycles. The summed E-state index contributed by atoms with van der Waals surface area (Å²) < 4.78 is 16.0. The number of rotatable bonds is 7. The first-order valence-corrected chi connectivity index (χ1v) is 8.92. The Balaban J connectivity index is 1.52. The van der Waals surface area contributed by atoms with Crippen molar-refractivity contribution in [2.45, 2.75) is 0 Å². The normalized spacial score (nSPS) is 10.2. The first-order valence-electron chi connectivity index (χ1n) is 8.54. The highest BCUT2D eigenvalue weighted by atomic mass is 35.5. The molecule has 0 unspecified atom stereocenters. The fourth-order valence-corrected chi connectivity index (χ4v) is 2.46. The number of benzene rings is 3. The van der Waals surface area contributed by atoms with E-state index in [2.05, 4.69) is 0 Å². The largest absolute Gasteiger partial charge is 0.490 e. The molecule has 0 aliphatic heterocycles. The predicted octanol–water partition coefficient (Wildman–Crippen LogP) is 4.80. The molecule has 3 rings (SSSR count). The Labute approximate surface area is 167 Å². The van der Waals surface area contributed by atoms with Crippen molar-refractivity contribution < 1.29 is 23.8 Å². The number of esters is 2. The van der Waals surface area contributed by atoms with Gasteiger partial charge in [0.05, 0.1) is 11.1 Å². The number of ether oxygens (including phenoxy) is 3. The molecule has 0 aliphatic rings. The Morgan fingerprint density at radius 1 is 0.714 bits per heavy atom. The number of hydrogen-bond donors (Lipinski definition) is 0. The molecule has 0 saturated heterocycles. The van der Waals surface area contributed by atoms with Crippen molar-refractivity contribution in [3.8, 4) is 11.5 Å². The number of carbonyl (C=O) groups excluding carboxylic acids is 2. The van der Waals surface area contributed by atoms with Gasteiger partial charge >= 0.3 is 11.9 Å². The third-order valence-corrected chi connectivity index (χ3v) is 3.94. The van der Waals surface area contributed by atoms with Gasteiger partial charge < -0.3 is 14.2 Å². The van der Waals surface area contributed by atoms with Crippen molar-refractivity contribution in [1.29, 1.82) is 0 Å². The zero-order valence-corrected chi connectivity index (χ0v) is 15.6. The maximum atomic E-state index is 12.2. The third kappa shape index (κ3) is 5.59. The maximum Gasteiger partial charge on any atom is 0.343 e. The Morgan fingerprint density at radius 2 is 1.43 bits per heavy atom. The van der Waals surface area contributed by atoms with Gasteiger partial charge in [0.15, 0.2) is 0 Å². The summed E-state index contributed by atoms with van der Waals surface area (Å²) in [5.74, 6) is -0.121. The Morgan fingerprint density at radius 3 is 2.18 bits per heavy atom. The van der Waals surface area contributed by atoms with Gasteiger partial charge in [0.1, 0.15) is 24.7 Å². The van der Waals surface area contributed by atoms with E-state index in [1.54, 1.807) is 42.5 Å². The molecule has 0 radical (unpaired) electrons. The van der Waals surface area contributed by atoms with E-state index in [1.165, 1.54) is 6.07 Å². The first kappa shape index (κ1) is 19.5. The van der Waals surface area contributed by atoms with E-state index in [4.69, 9.17) is 25.8 Å². The van der Waals surface area contributed by atoms with Gasteiger partial charge in [-0.2, -0.15) is 0 Å². The van der Waals surface area contributed by atoms with Gasteiger partial charge in [0, 0.05) is 5.02 Å². The van der Waals surface area contributed by atoms with Crippen molar-refractivity contribution in [2.75, 3.05) is 13.2 Å². The molecule has 0 N–H and O–H groups in total. The van der Waals surface area contributed by atoms with Gasteiger partial charge in [-0.25, -0.2) is 9.59 Å². The lowest BCUT2D eigenvalue weighted by Gasteiger charge is -2.08. The molecule has 3 aromatic carbocycles. The number of halogens is 1. The topological polar surface area (TPSA) is 61.8 Å². The number of carbonyl (C=O) groups is 2. The average Bonchev–Trinajstić information content (AvgIpc) is 2.72. The Bertz CT molecular complexity index is 939. The van der Waals surface area contributed by atoms with Crippen molar-refractivity contribution in [3.63, 3.8) is 0 Å². The van der Waals surface area contributed by atoms with Crippen LogP contribution in [0.15, 0.2) is 78.9 Å². The van der Waals surface area contributed by atoms with E-state index in [0.29, 0.717) is 16.3 Å². The average molecular weight is 397 g/mol. The van der Waals surface area contributed by atoms with Crippen LogP contribution in [0.25, 0.3) is 0 Å². The lowest BCUT2D eigenvalue weighted by Crippen LogP contribution is -2.13. The first-order chi connectivity index (χ1) is 13.6. The molecule has 6 heteroatoms. The second-order valence-electron chi connectivity index (χ2n) is 5.72. The van der Waals surface area contributed by atoms with Gasteiger partial charge in [-0.15, -0.1) is 0 Å². The Kier molecular flexibility index (Phi) is 6.65. The number of para-hydroxylation sites is 1. The summed E-state index contributed by atoms with van der Waals surface area (Å²) in [6.45, 7) is 0.337. The molecule has 0 spiro atoms. The van der Waals surface area contributed by atoms with Crippen molar-refractivity contribution in [3.05, 3.63) is 95.0 Å². The molecule has 0 saturated carbocycles. The van der Waals surface area contributed by atoms with Crippen LogP contribution >= 0.6 is 11.6 Å². The van der Waals surface area contributed by atoms with E-state index >= 15 is 0 Å². The molecule has 0 heterocycles. The second-order valence-corrected chi connectivity index (χ2v) is 6.16. The second kappa shape index (κ2) is 9.58. The Hall–Kier alpha value is -3.31. The van der Waals surface area contributed by atoms with Crippen LogP contribution in [0, 0.1) is 0 Å². The molecule has 3 aromatic rings. The zero-order valence-electron chi connectivity index (χ0n) is 14.8. The monoisotopic (exact) mass is 396 g/mol. The van der Waals surface area contributed by atoms with Gasteiger partial charge in [-0.1, -0.05) is 35.9 Å². The minimum absolute atomic E-state index is 0.0997. The third-order valence-electron chi connectivity index (χ3n) is 3.69. The van der Waals surface area contributed by atoms with Crippen LogP contribution < -0.4 is 9.47 Å². The summed E-state index contributed by atoms with van der Waals surface area (Å²) in [5, 5.41) is 0.525. The smallest absolute Gasteiger partial charge is 0.343 e. The van der Waals surface area contributed by atoms with Crippen LogP contribution in [0.4, 0.5) is 0 Å². The quantitative estimate of drug-likeness (QED) is 0.326. The van der Waals surface area contributed by atoms with Crippen molar-refractivity contribution in [1.82, 2.24) is 0 Å². The molecule has 0 bridgehead atoms. The van der Waals surface area contributed by atoms with Crippen molar-refractivity contribution >= 4 is 23.5 Å². The van der Waals surface area contributed by atoms with E-state index in [0.717, 1.165) is 0 Å². The highest BCUT2D eigenvalue weighted by molar-refractivity contribution is 6.30. The van der Waals surface area contributed by atoms with Crippen LogP contribution in [-0.4, -0.2) is 25.2 Å². The highest BCUT2D eigenvalue weighted by Crippen LogP contribution is 2.17. The molecular formula is C22H17ClO5. The minimum Gasteiger partial charge on any atom is -0.490 e. The lowest BCUT2D eigenvalue weighted by molar-refractivity contribution is 0.0449. The summed E-state index contributed by atoms with van der Waals surface area (Å²) >= 11 is 5.81. The maximum absolute atomic E-state index is 12.2. The van der Waals surface area contributed by atoms with Crippen molar-refractivity contribution in [2.24, 2.45) is 0 Å². The van der Waals surface area contributed by atoms with E-state index in [-0.39, 0.29) is 24.5 Å². The molecule has 0 fully saturated rings. The van der Waals surface area contributed by atoms with Crippen LogP contribution in [0.3, 0.4) is 0 Å². The van der Waals surface area contributed by atoms with Gasteiger partial charge in [-0.3, -0.25) is 0 Å². The van der Waals surface area contributed by atoms with E-state index < -0.39 is 11.9 Å². The summed E-state index contributed by atoms with van der Waals surface area (Å²) in [5.41, 5.74) is 0.636. The van der Waals surface area contributed by atoms with E-state index in [9.17, 15) is 9.59 Å². The summed E-state index contributed by atoms with van der Waals surface area (Å²) in [4.78, 5) is 24.3. The molecule has 0 amide bonds. The fourth-order valence-electron chi connectivity index (χ4n) is 2.33. The molecule has 0 atom stereocenters. The summed E-state index contributed by atoms with van der Waals surface area (Å²) in [6, 6.07) is 21.8. The molecule has 142 valence electrons. The summed E-state index contributed by atoms with van der Waals surface area (Å²) in [6.07, 6.45) is 0. The molecule has 0 aliphatic carbocycles. The minimum atomic E-state index is -0.543. The van der Waals surface area contributed by atoms with Gasteiger partial charge in [0.25, 0.3) is 0 Å². The molecule has 5 nitrogen and oxygen atoms in total. The lowest BCUT2D eigenvalue weighted by atomic mass is 10.2. The van der Waals surface area contributed by atoms with Gasteiger partial charge in [0.2, 0.25) is 0 Å². The van der Waals surface area contributed by atoms with E-state index in [1.807, 2.05) is 30.3 Å². The van der Waals surface area contributed by atoms with Crippen LogP contribution in [0.5, 0.6) is 11.5 Å². The predicted molar refractivity (Wildman–Crippen MR) is 105 cm³/mol. The number of hydrogen-bond acceptors (Lipinski definition) is 5. The van der Waals surface area contributed by atoms with Gasteiger partial charge in [-0.05, 0) is 54.6 Å². The summed E-state index contributed by atoms with van der Waals surface area (Å²) in [7, 11) is 0. The SMILES string of the molecule is O=C(OCCOc1ccccc1)c1cccc(OC(=O)c2ccc(Cl)cc2)c1. The van der Waals surface area contributed by atoms with Crippen LogP contribution in [-0.2, 0) is 4.74 Å². The zero-order chi connectivity index (χ0) is 19.8. The standard InChI is InChI=1S/C22H17ClO5/c23-18-11-9-16(10-12-18)22(25)28-20-8-4-5-17(15-20)21(24)27-14-13-26-19-6-2-1-3-7-19/h1-12,15H,13-14H2. The fraction of sp³-hybridized carbons (Fsp3) is 0.0909.